The number of azide groups is 2. The lowest BCUT2D eigenvalue weighted by molar-refractivity contribution is -0.140. The molecule has 2 aliphatic heterocycles. The number of hydrogen-bond acceptors (Lipinski definition) is 7. The number of carbonyl (C=O) groups excluding carboxylic acids is 1. The van der Waals surface area contributed by atoms with E-state index in [1.54, 1.807) is 0 Å². The van der Waals surface area contributed by atoms with Gasteiger partial charge < -0.3 is 19.5 Å². The summed E-state index contributed by atoms with van der Waals surface area (Å²) in [6.45, 7) is 1.90. The highest BCUT2D eigenvalue weighted by atomic mass is 16.5. The highest BCUT2D eigenvalue weighted by Gasteiger charge is 2.55. The Labute approximate surface area is 261 Å². The summed E-state index contributed by atoms with van der Waals surface area (Å²) in [6.07, 6.45) is 2.76. The number of aliphatic imine (C=N–C) groups is 1. The molecule has 1 saturated heterocycles. The fourth-order valence-electron chi connectivity index (χ4n) is 5.94. The number of piperidine rings is 1. The summed E-state index contributed by atoms with van der Waals surface area (Å²) >= 11 is 0. The molecule has 0 spiro atoms. The van der Waals surface area contributed by atoms with Crippen molar-refractivity contribution >= 4 is 11.8 Å². The zero-order valence-corrected chi connectivity index (χ0v) is 25.0. The van der Waals surface area contributed by atoms with Crippen molar-refractivity contribution in [2.24, 2.45) is 15.2 Å². The lowest BCUT2D eigenvalue weighted by Gasteiger charge is -2.38. The Kier molecular flexibility index (Phi) is 10.6. The Balaban J connectivity index is 1.66. The van der Waals surface area contributed by atoms with Crippen LogP contribution in [0.2, 0.25) is 0 Å². The van der Waals surface area contributed by atoms with Crippen LogP contribution in [0.5, 0.6) is 5.75 Å². The van der Waals surface area contributed by atoms with Crippen molar-refractivity contribution in [2.45, 2.75) is 56.8 Å². The van der Waals surface area contributed by atoms with Crippen LogP contribution in [0.3, 0.4) is 0 Å². The number of rotatable bonds is 13. The zero-order chi connectivity index (χ0) is 31.5. The highest BCUT2D eigenvalue weighted by Crippen LogP contribution is 2.45. The predicted molar refractivity (Wildman–Crippen MR) is 169 cm³/mol. The number of aliphatic hydroxyl groups excluding tert-OH is 1. The van der Waals surface area contributed by atoms with Crippen LogP contribution in [-0.4, -0.2) is 53.7 Å². The number of benzene rings is 3. The quantitative estimate of drug-likeness (QED) is 0.100. The van der Waals surface area contributed by atoms with Crippen LogP contribution < -0.4 is 4.74 Å². The molecule has 0 aromatic heterocycles. The SMILES string of the molecule is [N-]=[N+]=NCc1ccccc1C[C@]1(C(=O)N2CCCCC2)N=C(c2ccc(OCCCO)cc2)O[C@H]1c1ccccc1CN=[N+]=[N-]. The monoisotopic (exact) mass is 608 g/mol. The summed E-state index contributed by atoms with van der Waals surface area (Å²) in [5.41, 5.74) is 20.5. The van der Waals surface area contributed by atoms with E-state index in [9.17, 15) is 4.79 Å². The molecule has 232 valence electrons. The van der Waals surface area contributed by atoms with Gasteiger partial charge in [-0.25, -0.2) is 4.99 Å². The molecule has 0 saturated carbocycles. The van der Waals surface area contributed by atoms with Crippen LogP contribution in [0.1, 0.15) is 59.6 Å². The van der Waals surface area contributed by atoms with E-state index in [1.165, 1.54) is 0 Å². The van der Waals surface area contributed by atoms with Gasteiger partial charge in [0, 0.05) is 47.9 Å². The van der Waals surface area contributed by atoms with Crippen LogP contribution in [0, 0.1) is 0 Å². The molecule has 0 unspecified atom stereocenters. The average molecular weight is 609 g/mol. The maximum Gasteiger partial charge on any atom is 0.255 e. The van der Waals surface area contributed by atoms with Crippen LogP contribution in [0.25, 0.3) is 20.9 Å². The molecule has 1 amide bonds. The van der Waals surface area contributed by atoms with Gasteiger partial charge in [0.25, 0.3) is 5.91 Å². The third kappa shape index (κ3) is 7.21. The fraction of sp³-hybridized carbons (Fsp3) is 0.394. The van der Waals surface area contributed by atoms with E-state index >= 15 is 0 Å². The minimum absolute atomic E-state index is 0.0460. The van der Waals surface area contributed by atoms with Gasteiger partial charge in [-0.15, -0.1) is 0 Å². The van der Waals surface area contributed by atoms with Gasteiger partial charge in [0.1, 0.15) is 5.75 Å². The molecule has 0 bridgehead atoms. The molecular formula is C33H36N8O4. The molecule has 1 fully saturated rings. The summed E-state index contributed by atoms with van der Waals surface area (Å²) in [4.78, 5) is 27.9. The van der Waals surface area contributed by atoms with Gasteiger partial charge in [-0.3, -0.25) is 4.79 Å². The topological polar surface area (TPSA) is 169 Å². The van der Waals surface area contributed by atoms with Gasteiger partial charge in [0.15, 0.2) is 11.6 Å². The first-order valence-electron chi connectivity index (χ1n) is 15.2. The number of likely N-dealkylation sites (tertiary alicyclic amines) is 1. The Morgan fingerprint density at radius 2 is 1.58 bits per heavy atom. The summed E-state index contributed by atoms with van der Waals surface area (Å²) < 4.78 is 12.4. The molecule has 0 radical (unpaired) electrons. The van der Waals surface area contributed by atoms with Crippen molar-refractivity contribution in [3.63, 3.8) is 0 Å². The second-order valence-corrected chi connectivity index (χ2v) is 11.1. The van der Waals surface area contributed by atoms with Gasteiger partial charge in [-0.2, -0.15) is 0 Å². The maximum absolute atomic E-state index is 14.9. The van der Waals surface area contributed by atoms with Gasteiger partial charge in [0.05, 0.1) is 19.7 Å². The zero-order valence-electron chi connectivity index (χ0n) is 25.0. The number of ether oxygens (including phenoxy) is 2. The lowest BCUT2D eigenvalue weighted by atomic mass is 9.79. The molecule has 3 aromatic carbocycles. The molecule has 12 nitrogen and oxygen atoms in total. The first-order chi connectivity index (χ1) is 22.1. The average Bonchev–Trinajstić information content (AvgIpc) is 3.47. The second-order valence-electron chi connectivity index (χ2n) is 11.1. The van der Waals surface area contributed by atoms with Crippen LogP contribution >= 0.6 is 0 Å². The molecule has 2 atom stereocenters. The van der Waals surface area contributed by atoms with E-state index < -0.39 is 11.6 Å². The van der Waals surface area contributed by atoms with Crippen molar-refractivity contribution in [1.82, 2.24) is 4.90 Å². The van der Waals surface area contributed by atoms with Crippen LogP contribution in [0.4, 0.5) is 0 Å². The third-order valence-corrected chi connectivity index (χ3v) is 8.17. The van der Waals surface area contributed by atoms with E-state index in [-0.39, 0.29) is 32.0 Å². The minimum Gasteiger partial charge on any atom is -0.494 e. The van der Waals surface area contributed by atoms with E-state index in [2.05, 4.69) is 20.1 Å². The van der Waals surface area contributed by atoms with E-state index in [4.69, 9.17) is 30.6 Å². The van der Waals surface area contributed by atoms with Gasteiger partial charge >= 0.3 is 0 Å². The molecule has 12 heteroatoms. The van der Waals surface area contributed by atoms with Gasteiger partial charge in [-0.1, -0.05) is 58.8 Å². The van der Waals surface area contributed by atoms with Crippen molar-refractivity contribution in [1.29, 1.82) is 0 Å². The van der Waals surface area contributed by atoms with Gasteiger partial charge in [-0.05, 0) is 76.8 Å². The molecule has 5 rings (SSSR count). The molecule has 0 aliphatic carbocycles. The lowest BCUT2D eigenvalue weighted by Crippen LogP contribution is -2.53. The smallest absolute Gasteiger partial charge is 0.255 e. The molecule has 45 heavy (non-hydrogen) atoms. The van der Waals surface area contributed by atoms with Crippen LogP contribution in [0.15, 0.2) is 88.0 Å². The van der Waals surface area contributed by atoms with Crippen LogP contribution in [-0.2, 0) is 29.0 Å². The number of aliphatic hydroxyl groups is 1. The largest absolute Gasteiger partial charge is 0.494 e. The number of amides is 1. The van der Waals surface area contributed by atoms with Crippen molar-refractivity contribution in [2.75, 3.05) is 26.3 Å². The van der Waals surface area contributed by atoms with E-state index in [0.717, 1.165) is 36.0 Å². The Morgan fingerprint density at radius 1 is 0.933 bits per heavy atom. The Hall–Kier alpha value is -5.02. The highest BCUT2D eigenvalue weighted by molar-refractivity contribution is 6.01. The van der Waals surface area contributed by atoms with Crippen molar-refractivity contribution < 1.29 is 19.4 Å². The number of hydrogen-bond donors (Lipinski definition) is 1. The summed E-state index contributed by atoms with van der Waals surface area (Å²) in [5, 5.41) is 16.7. The van der Waals surface area contributed by atoms with Crippen molar-refractivity contribution in [3.05, 3.63) is 121 Å². The van der Waals surface area contributed by atoms with Gasteiger partial charge in [0.2, 0.25) is 5.90 Å². The molecule has 2 heterocycles. The summed E-state index contributed by atoms with van der Waals surface area (Å²) in [5.74, 6) is 0.825. The standard InChI is InChI=1S/C33H36N8O4/c34-39-36-22-26-10-3-2-9-25(26)21-33(32(43)41-17-6-1-7-18-41)30(29-12-5-4-11-27(29)23-37-40-35)45-31(38-33)24-13-15-28(16-14-24)44-20-8-19-42/h2-5,9-16,30,42H,1,6-8,17-23H2/t30-,33-/m0/s1. The molecule has 3 aromatic rings. The first kappa shape index (κ1) is 31.4. The second kappa shape index (κ2) is 15.1. The maximum atomic E-state index is 14.9. The summed E-state index contributed by atoms with van der Waals surface area (Å²) in [6, 6.07) is 22.4. The number of carbonyl (C=O) groups is 1. The minimum atomic E-state index is -1.40. The first-order valence-corrected chi connectivity index (χ1v) is 15.2. The molecule has 1 N–H and O–H groups in total. The fourth-order valence-corrected chi connectivity index (χ4v) is 5.94. The molecule has 2 aliphatic rings. The van der Waals surface area contributed by atoms with Crippen molar-refractivity contribution in [3.8, 4) is 5.75 Å². The van der Waals surface area contributed by atoms with E-state index in [1.807, 2.05) is 77.7 Å². The normalized spacial score (nSPS) is 19.1. The predicted octanol–water partition coefficient (Wildman–Crippen LogP) is 6.58. The summed E-state index contributed by atoms with van der Waals surface area (Å²) in [7, 11) is 0. The third-order valence-electron chi connectivity index (χ3n) is 8.17. The van der Waals surface area contributed by atoms with E-state index in [0.29, 0.717) is 48.9 Å². The Morgan fingerprint density at radius 3 is 2.27 bits per heavy atom. The number of nitrogens with zero attached hydrogens (tertiary/aromatic N) is 8. The molecular weight excluding hydrogens is 572 g/mol. The Bertz CT molecular complexity index is 1610.